The molecule has 0 atom stereocenters. The lowest BCUT2D eigenvalue weighted by molar-refractivity contribution is 0.351. The van der Waals surface area contributed by atoms with Gasteiger partial charge in [0.05, 0.1) is 0 Å². The van der Waals surface area contributed by atoms with E-state index in [0.29, 0.717) is 0 Å². The van der Waals surface area contributed by atoms with Crippen molar-refractivity contribution in [3.63, 3.8) is 0 Å². The minimum absolute atomic E-state index is 0.0827. The normalized spacial score (nSPS) is 11.8. The van der Waals surface area contributed by atoms with E-state index in [4.69, 9.17) is 11.6 Å². The summed E-state index contributed by atoms with van der Waals surface area (Å²) >= 11 is 5.12. The first-order valence-corrected chi connectivity index (χ1v) is 5.05. The van der Waals surface area contributed by atoms with Gasteiger partial charge in [-0.25, -0.2) is 13.2 Å². The monoisotopic (exact) mass is 212 g/mol. The highest BCUT2D eigenvalue weighted by Gasteiger charge is 2.22. The third-order valence-corrected chi connectivity index (χ3v) is 3.21. The molecule has 5 nitrogen and oxygen atoms in total. The molecule has 0 aliphatic carbocycles. The molecule has 0 bridgehead atoms. The molecule has 1 heterocycles. The molecular weight excluding hydrogens is 208 g/mol. The fourth-order valence-electron chi connectivity index (χ4n) is 0.667. The van der Waals surface area contributed by atoms with Gasteiger partial charge < -0.3 is 8.83 Å². The highest BCUT2D eigenvalue weighted by molar-refractivity contribution is 7.92. The van der Waals surface area contributed by atoms with E-state index >= 15 is 0 Å². The molecule has 0 aliphatic rings. The van der Waals surface area contributed by atoms with Crippen LogP contribution in [0.15, 0.2) is 18.7 Å². The van der Waals surface area contributed by atoms with Gasteiger partial charge in [0.2, 0.25) is 9.84 Å². The first-order chi connectivity index (χ1) is 5.47. The second kappa shape index (κ2) is 2.95. The maximum Gasteiger partial charge on any atom is 0.520 e. The van der Waals surface area contributed by atoms with Crippen LogP contribution in [0.5, 0.6) is 0 Å². The quantitative estimate of drug-likeness (QED) is 0.668. The van der Waals surface area contributed by atoms with Gasteiger partial charge in [0.15, 0.2) is 5.76 Å². The van der Waals surface area contributed by atoms with Gasteiger partial charge in [0, 0.05) is 0 Å². The maximum absolute atomic E-state index is 11.0. The van der Waals surface area contributed by atoms with Crippen LogP contribution in [0.1, 0.15) is 5.76 Å². The van der Waals surface area contributed by atoms with E-state index in [9.17, 15) is 13.2 Å². The van der Waals surface area contributed by atoms with Crippen molar-refractivity contribution < 1.29 is 17.3 Å². The van der Waals surface area contributed by atoms with Gasteiger partial charge in [-0.15, -0.1) is 11.6 Å². The number of aryl methyl sites for hydroxylation is 1. The second-order valence-electron chi connectivity index (χ2n) is 2.02. The van der Waals surface area contributed by atoms with E-state index in [1.807, 2.05) is 0 Å². The van der Waals surface area contributed by atoms with Crippen molar-refractivity contribution in [1.82, 2.24) is 0 Å². The molecule has 0 aliphatic heterocycles. The van der Waals surface area contributed by atoms with E-state index in [0.717, 1.165) is 0 Å². The lowest BCUT2D eigenvalue weighted by Gasteiger charge is -1.91. The zero-order valence-electron chi connectivity index (χ0n) is 6.03. The summed E-state index contributed by atoms with van der Waals surface area (Å²) in [5.41, 5.74) is 0. The molecule has 0 radical (unpaired) electrons. The Bertz CT molecular complexity index is 425. The Hall–Kier alpha value is -0.750. The van der Waals surface area contributed by atoms with Crippen LogP contribution in [0.25, 0.3) is 0 Å². The third kappa shape index (κ3) is 1.54. The van der Waals surface area contributed by atoms with Crippen LogP contribution in [0, 0.1) is 6.92 Å². The summed E-state index contributed by atoms with van der Waals surface area (Å²) in [6.07, 6.45) is 0. The van der Waals surface area contributed by atoms with Crippen molar-refractivity contribution in [2.75, 3.05) is 5.21 Å². The highest BCUT2D eigenvalue weighted by Crippen LogP contribution is 2.15. The maximum atomic E-state index is 11.0. The van der Waals surface area contributed by atoms with Crippen molar-refractivity contribution in [2.24, 2.45) is 0 Å². The summed E-state index contributed by atoms with van der Waals surface area (Å²) in [5.74, 6) is -1.13. The largest absolute Gasteiger partial charge is 0.520 e. The first kappa shape index (κ1) is 9.34. The Morgan fingerprint density at radius 2 is 2.00 bits per heavy atom. The summed E-state index contributed by atoms with van der Waals surface area (Å²) in [4.78, 5) is 10.4. The van der Waals surface area contributed by atoms with E-state index in [-0.39, 0.29) is 5.76 Å². The average molecular weight is 213 g/mol. The van der Waals surface area contributed by atoms with Gasteiger partial charge in [-0.05, 0) is 6.92 Å². The molecule has 68 valence electrons. The third-order valence-electron chi connectivity index (χ3n) is 1.13. The Kier molecular flexibility index (Phi) is 2.29. The summed E-state index contributed by atoms with van der Waals surface area (Å²) in [6.45, 7) is 1.31. The Labute approximate surface area is 72.9 Å². The molecule has 0 aromatic carbocycles. The summed E-state index contributed by atoms with van der Waals surface area (Å²) in [7, 11) is -3.70. The molecule has 0 N–H and O–H groups in total. The molecule has 0 amide bonds. The lowest BCUT2D eigenvalue weighted by atomic mass is 10.6. The van der Waals surface area contributed by atoms with Gasteiger partial charge >= 0.3 is 5.82 Å². The van der Waals surface area contributed by atoms with Crippen molar-refractivity contribution in [2.45, 2.75) is 12.0 Å². The summed E-state index contributed by atoms with van der Waals surface area (Å²) in [5, 5.41) is -1.14. The average Bonchev–Trinajstić information content (AvgIpc) is 2.31. The van der Waals surface area contributed by atoms with Crippen molar-refractivity contribution in [3.05, 3.63) is 16.4 Å². The molecule has 0 saturated carbocycles. The predicted octanol–water partition coefficient (Wildman–Crippen LogP) is 0.511. The van der Waals surface area contributed by atoms with Crippen LogP contribution in [-0.2, 0) is 9.84 Å². The van der Waals surface area contributed by atoms with Crippen LogP contribution >= 0.6 is 11.6 Å². The van der Waals surface area contributed by atoms with E-state index in [1.54, 1.807) is 0 Å². The summed E-state index contributed by atoms with van der Waals surface area (Å²) in [6, 6.07) is 0. The van der Waals surface area contributed by atoms with Gasteiger partial charge in [-0.1, -0.05) is 0 Å². The van der Waals surface area contributed by atoms with E-state index < -0.39 is 26.0 Å². The predicted molar refractivity (Wildman–Crippen MR) is 39.9 cm³/mol. The molecule has 7 heteroatoms. The molecule has 1 aromatic rings. The highest BCUT2D eigenvalue weighted by atomic mass is 35.5. The zero-order chi connectivity index (χ0) is 9.35. The Morgan fingerprint density at radius 3 is 2.33 bits per heavy atom. The van der Waals surface area contributed by atoms with Gasteiger partial charge in [-0.3, -0.25) is 0 Å². The number of hydrogen-bond acceptors (Lipinski definition) is 5. The molecular formula is C5H5ClO5S. The number of alkyl halides is 1. The van der Waals surface area contributed by atoms with Crippen molar-refractivity contribution >= 4 is 21.4 Å². The topological polar surface area (TPSA) is 77.5 Å². The second-order valence-corrected chi connectivity index (χ2v) is 4.49. The van der Waals surface area contributed by atoms with Crippen LogP contribution in [0.3, 0.4) is 0 Å². The fourth-order valence-corrected chi connectivity index (χ4v) is 1.74. The molecule has 0 spiro atoms. The van der Waals surface area contributed by atoms with Crippen molar-refractivity contribution in [3.8, 4) is 0 Å². The van der Waals surface area contributed by atoms with Gasteiger partial charge in [0.25, 0.3) is 5.09 Å². The Balaban J connectivity index is 3.39. The molecule has 1 aromatic heterocycles. The Morgan fingerprint density at radius 1 is 1.42 bits per heavy atom. The number of halogens is 1. The molecule has 0 unspecified atom stereocenters. The van der Waals surface area contributed by atoms with Gasteiger partial charge in [-0.2, -0.15) is 0 Å². The minimum atomic E-state index is -3.70. The lowest BCUT2D eigenvalue weighted by Crippen LogP contribution is -2.02. The standard InChI is InChI=1S/C5H5ClO5S/c1-3-4(11-5(7)10-3)12(8,9)2-6/h2H2,1H3. The smallest absolute Gasteiger partial charge is 0.395 e. The van der Waals surface area contributed by atoms with Crippen LogP contribution < -0.4 is 5.82 Å². The van der Waals surface area contributed by atoms with Crippen LogP contribution in [0.4, 0.5) is 0 Å². The number of rotatable bonds is 2. The summed E-state index contributed by atoms with van der Waals surface area (Å²) < 4.78 is 30.6. The molecule has 0 saturated heterocycles. The molecule has 1 rings (SSSR count). The number of hydrogen-bond donors (Lipinski definition) is 0. The van der Waals surface area contributed by atoms with E-state index in [2.05, 4.69) is 8.83 Å². The molecule has 12 heavy (non-hydrogen) atoms. The van der Waals surface area contributed by atoms with Crippen molar-refractivity contribution in [1.29, 1.82) is 0 Å². The molecule has 0 fully saturated rings. The SMILES string of the molecule is Cc1oc(=O)oc1S(=O)(=O)CCl. The van der Waals surface area contributed by atoms with Gasteiger partial charge in [0.1, 0.15) is 5.21 Å². The fraction of sp³-hybridized carbons (Fsp3) is 0.400. The van der Waals surface area contributed by atoms with Crippen LogP contribution in [0.2, 0.25) is 0 Å². The minimum Gasteiger partial charge on any atom is -0.395 e. The van der Waals surface area contributed by atoms with Crippen LogP contribution in [-0.4, -0.2) is 13.6 Å². The zero-order valence-corrected chi connectivity index (χ0v) is 7.61. The first-order valence-electron chi connectivity index (χ1n) is 2.86. The number of sulfone groups is 1. The van der Waals surface area contributed by atoms with E-state index in [1.165, 1.54) is 6.92 Å².